The molecule has 0 amide bonds. The average molecular weight is 274 g/mol. The third-order valence-corrected chi connectivity index (χ3v) is 4.49. The Hall–Kier alpha value is -0.860. The van der Waals surface area contributed by atoms with Gasteiger partial charge >= 0.3 is 0 Å². The molecule has 20 heavy (non-hydrogen) atoms. The molecule has 0 aliphatic carbocycles. The van der Waals surface area contributed by atoms with Gasteiger partial charge in [-0.25, -0.2) is 0 Å². The molecular weight excluding hydrogens is 244 g/mol. The minimum Gasteiger partial charge on any atom is -0.316 e. The van der Waals surface area contributed by atoms with Crippen molar-refractivity contribution in [2.75, 3.05) is 26.2 Å². The maximum atomic E-state index is 3.57. The van der Waals surface area contributed by atoms with Crippen LogP contribution in [0.5, 0.6) is 0 Å². The van der Waals surface area contributed by atoms with E-state index in [0.717, 1.165) is 5.92 Å². The zero-order chi connectivity index (χ0) is 14.2. The van der Waals surface area contributed by atoms with Crippen molar-refractivity contribution in [3.8, 4) is 0 Å². The Morgan fingerprint density at radius 2 is 2.10 bits per heavy atom. The number of nitrogens with zero attached hydrogens (tertiary/aromatic N) is 1. The van der Waals surface area contributed by atoms with E-state index in [1.807, 2.05) is 0 Å². The van der Waals surface area contributed by atoms with E-state index in [-0.39, 0.29) is 0 Å². The third kappa shape index (κ3) is 4.92. The zero-order valence-corrected chi connectivity index (χ0v) is 13.1. The fraction of sp³-hybridized carbons (Fsp3) is 0.667. The summed E-state index contributed by atoms with van der Waals surface area (Å²) in [6.07, 6.45) is 5.09. The van der Waals surface area contributed by atoms with Crippen LogP contribution in [-0.2, 0) is 6.42 Å². The van der Waals surface area contributed by atoms with Crippen molar-refractivity contribution in [2.24, 2.45) is 5.92 Å². The second-order valence-corrected chi connectivity index (χ2v) is 6.23. The van der Waals surface area contributed by atoms with Gasteiger partial charge in [-0.15, -0.1) is 0 Å². The summed E-state index contributed by atoms with van der Waals surface area (Å²) in [5.74, 6) is 0.862. The maximum absolute atomic E-state index is 3.57. The van der Waals surface area contributed by atoms with Crippen LogP contribution in [0.25, 0.3) is 0 Å². The van der Waals surface area contributed by atoms with Crippen LogP contribution in [0.2, 0.25) is 0 Å². The molecule has 1 aromatic carbocycles. The molecule has 0 radical (unpaired) electrons. The van der Waals surface area contributed by atoms with Crippen LogP contribution in [0, 0.1) is 5.92 Å². The Balaban J connectivity index is 1.67. The van der Waals surface area contributed by atoms with Gasteiger partial charge in [-0.2, -0.15) is 0 Å². The molecule has 1 saturated heterocycles. The van der Waals surface area contributed by atoms with Crippen LogP contribution in [0.15, 0.2) is 30.3 Å². The van der Waals surface area contributed by atoms with E-state index in [4.69, 9.17) is 0 Å². The first-order valence-corrected chi connectivity index (χ1v) is 8.28. The molecule has 0 spiro atoms. The van der Waals surface area contributed by atoms with Crippen LogP contribution in [0.1, 0.15) is 38.7 Å². The summed E-state index contributed by atoms with van der Waals surface area (Å²) in [5.41, 5.74) is 1.47. The molecule has 0 saturated carbocycles. The smallest absolute Gasteiger partial charge is 0.00702 e. The molecule has 112 valence electrons. The minimum absolute atomic E-state index is 0.714. The zero-order valence-electron chi connectivity index (χ0n) is 13.1. The lowest BCUT2D eigenvalue weighted by molar-refractivity contribution is 0.237. The van der Waals surface area contributed by atoms with E-state index < -0.39 is 0 Å². The highest BCUT2D eigenvalue weighted by atomic mass is 15.2. The topological polar surface area (TPSA) is 15.3 Å². The summed E-state index contributed by atoms with van der Waals surface area (Å²) in [4.78, 5) is 2.68. The van der Waals surface area contributed by atoms with Crippen LogP contribution in [-0.4, -0.2) is 37.1 Å². The quantitative estimate of drug-likeness (QED) is 0.732. The second kappa shape index (κ2) is 8.43. The lowest BCUT2D eigenvalue weighted by atomic mass is 10.1. The summed E-state index contributed by atoms with van der Waals surface area (Å²) in [5, 5.41) is 3.57. The Morgan fingerprint density at radius 1 is 1.30 bits per heavy atom. The first kappa shape index (κ1) is 15.5. The van der Waals surface area contributed by atoms with Crippen LogP contribution < -0.4 is 5.32 Å². The molecule has 1 fully saturated rings. The van der Waals surface area contributed by atoms with Gasteiger partial charge in [-0.3, -0.25) is 0 Å². The van der Waals surface area contributed by atoms with Gasteiger partial charge in [0.1, 0.15) is 0 Å². The Kier molecular flexibility index (Phi) is 6.55. The standard InChI is InChI=1S/C18H30N2/c1-3-12-19-14-18-11-13-20(15-18)16(2)9-10-17-7-5-4-6-8-17/h4-8,16,18-19H,3,9-15H2,1-2H3. The first-order chi connectivity index (χ1) is 9.79. The van der Waals surface area contributed by atoms with Crippen molar-refractivity contribution in [2.45, 2.75) is 45.6 Å². The van der Waals surface area contributed by atoms with E-state index in [2.05, 4.69) is 54.4 Å². The van der Waals surface area contributed by atoms with Crippen molar-refractivity contribution >= 4 is 0 Å². The molecule has 0 bridgehead atoms. The third-order valence-electron chi connectivity index (χ3n) is 4.49. The number of benzene rings is 1. The van der Waals surface area contributed by atoms with Gasteiger partial charge in [0, 0.05) is 12.6 Å². The van der Waals surface area contributed by atoms with Gasteiger partial charge in [-0.05, 0) is 63.7 Å². The van der Waals surface area contributed by atoms with Crippen LogP contribution >= 0.6 is 0 Å². The van der Waals surface area contributed by atoms with Gasteiger partial charge in [0.25, 0.3) is 0 Å². The summed E-state index contributed by atoms with van der Waals surface area (Å²) in [6, 6.07) is 11.6. The van der Waals surface area contributed by atoms with E-state index in [1.54, 1.807) is 0 Å². The number of hydrogen-bond donors (Lipinski definition) is 1. The van der Waals surface area contributed by atoms with Crippen molar-refractivity contribution in [3.05, 3.63) is 35.9 Å². The molecule has 2 heteroatoms. The predicted molar refractivity (Wildman–Crippen MR) is 87.1 cm³/mol. The van der Waals surface area contributed by atoms with Gasteiger partial charge in [0.15, 0.2) is 0 Å². The number of rotatable bonds is 8. The lowest BCUT2D eigenvalue weighted by Gasteiger charge is -2.24. The lowest BCUT2D eigenvalue weighted by Crippen LogP contribution is -2.33. The second-order valence-electron chi connectivity index (χ2n) is 6.23. The van der Waals surface area contributed by atoms with Gasteiger partial charge in [-0.1, -0.05) is 37.3 Å². The Labute approximate surface area is 124 Å². The predicted octanol–water partition coefficient (Wildman–Crippen LogP) is 3.33. The van der Waals surface area contributed by atoms with E-state index in [1.165, 1.54) is 57.4 Å². The normalized spacial score (nSPS) is 21.2. The summed E-state index contributed by atoms with van der Waals surface area (Å²) < 4.78 is 0. The fourth-order valence-corrected chi connectivity index (χ4v) is 3.12. The first-order valence-electron chi connectivity index (χ1n) is 8.28. The number of hydrogen-bond acceptors (Lipinski definition) is 2. The van der Waals surface area contributed by atoms with Crippen LogP contribution in [0.3, 0.4) is 0 Å². The van der Waals surface area contributed by atoms with Crippen molar-refractivity contribution in [1.29, 1.82) is 0 Å². The van der Waals surface area contributed by atoms with Gasteiger partial charge < -0.3 is 10.2 Å². The van der Waals surface area contributed by atoms with Crippen LogP contribution in [0.4, 0.5) is 0 Å². The van der Waals surface area contributed by atoms with Gasteiger partial charge in [0.2, 0.25) is 0 Å². The summed E-state index contributed by atoms with van der Waals surface area (Å²) >= 11 is 0. The highest BCUT2D eigenvalue weighted by Crippen LogP contribution is 2.20. The van der Waals surface area contributed by atoms with Crippen molar-refractivity contribution in [1.82, 2.24) is 10.2 Å². The Morgan fingerprint density at radius 3 is 2.85 bits per heavy atom. The summed E-state index contributed by atoms with van der Waals surface area (Å²) in [6.45, 7) is 9.57. The van der Waals surface area contributed by atoms with Gasteiger partial charge in [0.05, 0.1) is 0 Å². The molecule has 1 aliphatic heterocycles. The Bertz CT molecular complexity index is 363. The summed E-state index contributed by atoms with van der Waals surface area (Å²) in [7, 11) is 0. The SMILES string of the molecule is CCCNCC1CCN(C(C)CCc2ccccc2)C1. The monoisotopic (exact) mass is 274 g/mol. The molecule has 1 heterocycles. The van der Waals surface area contributed by atoms with E-state index in [9.17, 15) is 0 Å². The molecule has 1 aliphatic rings. The van der Waals surface area contributed by atoms with E-state index in [0.29, 0.717) is 6.04 Å². The van der Waals surface area contributed by atoms with Crippen molar-refractivity contribution in [3.63, 3.8) is 0 Å². The molecule has 2 unspecified atom stereocenters. The minimum atomic E-state index is 0.714. The molecule has 2 atom stereocenters. The molecule has 2 nitrogen and oxygen atoms in total. The highest BCUT2D eigenvalue weighted by Gasteiger charge is 2.25. The van der Waals surface area contributed by atoms with Crippen molar-refractivity contribution < 1.29 is 0 Å². The molecule has 1 aromatic rings. The molecule has 0 aromatic heterocycles. The molecule has 2 rings (SSSR count). The average Bonchev–Trinajstić information content (AvgIpc) is 2.95. The number of nitrogens with one attached hydrogen (secondary N) is 1. The number of aryl methyl sites for hydroxylation is 1. The highest BCUT2D eigenvalue weighted by molar-refractivity contribution is 5.14. The maximum Gasteiger partial charge on any atom is 0.00702 e. The fourth-order valence-electron chi connectivity index (χ4n) is 3.12. The van der Waals surface area contributed by atoms with E-state index >= 15 is 0 Å². The molecular formula is C18H30N2. The number of likely N-dealkylation sites (tertiary alicyclic amines) is 1. The molecule has 1 N–H and O–H groups in total. The largest absolute Gasteiger partial charge is 0.316 e.